The Morgan fingerprint density at radius 1 is 1.27 bits per heavy atom. The smallest absolute Gasteiger partial charge is 0.305 e. The first kappa shape index (κ1) is 19.2. The molecule has 0 aliphatic heterocycles. The third kappa shape index (κ3) is 4.47. The molecular formula is C19H17N3O3S. The van der Waals surface area contributed by atoms with Crippen LogP contribution in [0.4, 0.5) is 0 Å². The van der Waals surface area contributed by atoms with Crippen molar-refractivity contribution in [3.05, 3.63) is 54.9 Å². The number of rotatable bonds is 5. The van der Waals surface area contributed by atoms with E-state index in [4.69, 9.17) is 0 Å². The van der Waals surface area contributed by atoms with Crippen molar-refractivity contribution in [1.82, 2.24) is 4.57 Å². The van der Waals surface area contributed by atoms with E-state index in [1.165, 1.54) is 11.7 Å². The van der Waals surface area contributed by atoms with Gasteiger partial charge in [0.1, 0.15) is 16.8 Å². The third-order valence-electron chi connectivity index (χ3n) is 3.71. The summed E-state index contributed by atoms with van der Waals surface area (Å²) in [6.45, 7) is 2.21. The fraction of sp³-hybridized carbons (Fsp3) is 0.263. The first-order valence-electron chi connectivity index (χ1n) is 7.89. The van der Waals surface area contributed by atoms with Crippen molar-refractivity contribution in [2.45, 2.75) is 26.3 Å². The lowest BCUT2D eigenvalue weighted by molar-refractivity contribution is -0.140. The highest BCUT2D eigenvalue weighted by Crippen LogP contribution is 2.03. The summed E-state index contributed by atoms with van der Waals surface area (Å²) in [5, 5.41) is 18.3. The molecule has 2 rings (SSSR count). The summed E-state index contributed by atoms with van der Waals surface area (Å²) in [4.78, 5) is 24.0. The molecule has 0 saturated carbocycles. The van der Waals surface area contributed by atoms with Gasteiger partial charge in [-0.05, 0) is 25.0 Å². The van der Waals surface area contributed by atoms with E-state index in [-0.39, 0.29) is 30.1 Å². The van der Waals surface area contributed by atoms with Gasteiger partial charge in [-0.2, -0.15) is 10.5 Å². The number of ether oxygens (including phenoxy) is 1. The molecule has 6 nitrogen and oxygen atoms in total. The monoisotopic (exact) mass is 367 g/mol. The summed E-state index contributed by atoms with van der Waals surface area (Å²) in [6, 6.07) is 11.3. The molecule has 0 fully saturated rings. The minimum atomic E-state index is -0.369. The van der Waals surface area contributed by atoms with Crippen LogP contribution in [0.5, 0.6) is 0 Å². The van der Waals surface area contributed by atoms with Crippen LogP contribution < -0.4 is 14.8 Å². The molecule has 1 aromatic heterocycles. The standard InChI is InChI=1S/C19H17N3O3S/c1-13-5-7-14(8-6-13)10-16-18(24)22(9-3-4-17(23)25-2)19(26-16)15(11-20)12-21/h5-8,10H,3-4,9H2,1-2H3/b16-10+. The number of esters is 1. The Kier molecular flexibility index (Phi) is 6.48. The fourth-order valence-electron chi connectivity index (χ4n) is 2.33. The molecule has 0 amide bonds. The van der Waals surface area contributed by atoms with Gasteiger partial charge >= 0.3 is 5.97 Å². The van der Waals surface area contributed by atoms with Gasteiger partial charge in [0.15, 0.2) is 5.57 Å². The molecule has 0 N–H and O–H groups in total. The first-order chi connectivity index (χ1) is 12.5. The number of nitrogens with zero attached hydrogens (tertiary/aromatic N) is 3. The van der Waals surface area contributed by atoms with Gasteiger partial charge in [-0.15, -0.1) is 11.3 Å². The Morgan fingerprint density at radius 2 is 1.92 bits per heavy atom. The quantitative estimate of drug-likeness (QED) is 0.740. The second-order valence-electron chi connectivity index (χ2n) is 5.56. The van der Waals surface area contributed by atoms with Crippen molar-refractivity contribution in [3.63, 3.8) is 0 Å². The molecule has 7 heteroatoms. The highest BCUT2D eigenvalue weighted by atomic mass is 32.1. The molecular weight excluding hydrogens is 350 g/mol. The van der Waals surface area contributed by atoms with Gasteiger partial charge in [0.25, 0.3) is 5.56 Å². The molecule has 1 aromatic carbocycles. The predicted octanol–water partition coefficient (Wildman–Crippen LogP) is 1.20. The largest absolute Gasteiger partial charge is 0.469 e. The van der Waals surface area contributed by atoms with Crippen molar-refractivity contribution in [3.8, 4) is 12.1 Å². The van der Waals surface area contributed by atoms with E-state index in [0.29, 0.717) is 15.6 Å². The van der Waals surface area contributed by atoms with Gasteiger partial charge in [0.05, 0.1) is 11.6 Å². The van der Waals surface area contributed by atoms with Gasteiger partial charge in [0.2, 0.25) is 0 Å². The summed E-state index contributed by atoms with van der Waals surface area (Å²) in [6.07, 6.45) is 2.27. The molecule has 0 saturated heterocycles. The SMILES string of the molecule is COC(=O)CCCn1c(=C(C#N)C#N)s/c(=C/c2ccc(C)cc2)c1=O. The molecule has 132 valence electrons. The fourth-order valence-corrected chi connectivity index (χ4v) is 3.41. The van der Waals surface area contributed by atoms with E-state index >= 15 is 0 Å². The molecule has 26 heavy (non-hydrogen) atoms. The second-order valence-corrected chi connectivity index (χ2v) is 6.59. The maximum Gasteiger partial charge on any atom is 0.305 e. The van der Waals surface area contributed by atoms with Gasteiger partial charge in [-0.3, -0.25) is 14.2 Å². The minimum absolute atomic E-state index is 0.117. The number of hydrogen-bond acceptors (Lipinski definition) is 6. The Bertz CT molecular complexity index is 1050. The van der Waals surface area contributed by atoms with Crippen LogP contribution in [0.25, 0.3) is 11.6 Å². The minimum Gasteiger partial charge on any atom is -0.469 e. The molecule has 1 heterocycles. The van der Waals surface area contributed by atoms with Gasteiger partial charge in [-0.1, -0.05) is 29.8 Å². The van der Waals surface area contributed by atoms with Crippen LogP contribution in [-0.2, 0) is 16.1 Å². The highest BCUT2D eigenvalue weighted by Gasteiger charge is 2.10. The van der Waals surface area contributed by atoms with Gasteiger partial charge in [-0.25, -0.2) is 0 Å². The zero-order valence-electron chi connectivity index (χ0n) is 14.5. The van der Waals surface area contributed by atoms with Crippen molar-refractivity contribution >= 4 is 29.0 Å². The number of aromatic nitrogens is 1. The number of benzene rings is 1. The topological polar surface area (TPSA) is 95.9 Å². The van der Waals surface area contributed by atoms with Crippen LogP contribution in [-0.4, -0.2) is 17.6 Å². The maximum absolute atomic E-state index is 12.7. The highest BCUT2D eigenvalue weighted by molar-refractivity contribution is 7.07. The number of aryl methyl sites for hydroxylation is 1. The van der Waals surface area contributed by atoms with Crippen molar-refractivity contribution in [1.29, 1.82) is 10.5 Å². The summed E-state index contributed by atoms with van der Waals surface area (Å²) in [5.74, 6) is -0.369. The summed E-state index contributed by atoms with van der Waals surface area (Å²) in [5.41, 5.74) is 1.57. The zero-order chi connectivity index (χ0) is 19.1. The lowest BCUT2D eigenvalue weighted by Crippen LogP contribution is -2.32. The molecule has 0 atom stereocenters. The predicted molar refractivity (Wildman–Crippen MR) is 98.5 cm³/mol. The van der Waals surface area contributed by atoms with Crippen LogP contribution >= 0.6 is 11.3 Å². The first-order valence-corrected chi connectivity index (χ1v) is 8.71. The Hall–Kier alpha value is -3.16. The van der Waals surface area contributed by atoms with E-state index in [2.05, 4.69) is 4.74 Å². The molecule has 0 spiro atoms. The Morgan fingerprint density at radius 3 is 2.50 bits per heavy atom. The van der Waals surface area contributed by atoms with Crippen molar-refractivity contribution < 1.29 is 9.53 Å². The Labute approximate surface area is 154 Å². The second kappa shape index (κ2) is 8.80. The summed E-state index contributed by atoms with van der Waals surface area (Å²) < 4.78 is 6.72. The van der Waals surface area contributed by atoms with Crippen LogP contribution in [0, 0.1) is 29.6 Å². The van der Waals surface area contributed by atoms with Crippen LogP contribution in [0.15, 0.2) is 29.1 Å². The number of carbonyl (C=O) groups excluding carboxylic acids is 1. The number of thiazole rings is 1. The third-order valence-corrected chi connectivity index (χ3v) is 4.84. The number of nitriles is 2. The van der Waals surface area contributed by atoms with Crippen LogP contribution in [0.2, 0.25) is 0 Å². The van der Waals surface area contributed by atoms with E-state index in [1.54, 1.807) is 6.08 Å². The van der Waals surface area contributed by atoms with Gasteiger partial charge in [0, 0.05) is 13.0 Å². The summed E-state index contributed by atoms with van der Waals surface area (Å²) >= 11 is 1.10. The number of methoxy groups -OCH3 is 1. The average Bonchev–Trinajstić information content (AvgIpc) is 2.94. The van der Waals surface area contributed by atoms with Crippen LogP contribution in [0.1, 0.15) is 24.0 Å². The normalized spacial score (nSPS) is 10.8. The number of carbonyl (C=O) groups is 1. The molecule has 0 aliphatic carbocycles. The lowest BCUT2D eigenvalue weighted by Gasteiger charge is -2.01. The maximum atomic E-state index is 12.7. The molecule has 0 unspecified atom stereocenters. The number of hydrogen-bond donors (Lipinski definition) is 0. The van der Waals surface area contributed by atoms with E-state index in [1.807, 2.05) is 43.3 Å². The summed E-state index contributed by atoms with van der Waals surface area (Å²) in [7, 11) is 1.30. The van der Waals surface area contributed by atoms with E-state index in [0.717, 1.165) is 22.5 Å². The van der Waals surface area contributed by atoms with E-state index < -0.39 is 0 Å². The molecule has 0 bridgehead atoms. The molecule has 0 aliphatic rings. The average molecular weight is 367 g/mol. The van der Waals surface area contributed by atoms with E-state index in [9.17, 15) is 20.1 Å². The molecule has 0 radical (unpaired) electrons. The Balaban J connectivity index is 2.55. The lowest BCUT2D eigenvalue weighted by atomic mass is 10.1. The van der Waals surface area contributed by atoms with Crippen LogP contribution in [0.3, 0.4) is 0 Å². The van der Waals surface area contributed by atoms with Crippen molar-refractivity contribution in [2.75, 3.05) is 7.11 Å². The zero-order valence-corrected chi connectivity index (χ0v) is 15.3. The molecule has 2 aromatic rings. The van der Waals surface area contributed by atoms with Gasteiger partial charge < -0.3 is 4.74 Å². The van der Waals surface area contributed by atoms with Crippen molar-refractivity contribution in [2.24, 2.45) is 0 Å².